The molecule has 2 aromatic carbocycles. The number of hydrogen-bond donors (Lipinski definition) is 21. The third-order valence-electron chi connectivity index (χ3n) is 18.7. The molecular weight excluding hydrogens is 1450 g/mol. The number of phenols is 1. The van der Waals surface area contributed by atoms with Crippen molar-refractivity contribution in [1.82, 2.24) is 63.4 Å². The van der Waals surface area contributed by atoms with Crippen molar-refractivity contribution in [3.63, 3.8) is 0 Å². The van der Waals surface area contributed by atoms with Crippen LogP contribution in [-0.4, -0.2) is 218 Å². The van der Waals surface area contributed by atoms with Crippen LogP contribution in [0.1, 0.15) is 168 Å². The summed E-state index contributed by atoms with van der Waals surface area (Å²) in [7, 11) is 0. The normalized spacial score (nSPS) is 15.5. The summed E-state index contributed by atoms with van der Waals surface area (Å²) in [5.41, 5.74) is 53.0. The predicted molar refractivity (Wildman–Crippen MR) is 424 cm³/mol. The Hall–Kier alpha value is -10.3. The standard InChI is InChI=1S/C75H127N23O14/c1-7-46(6)62(72(111)94-55(26-18-36-86-75(83)84)73(112)98-37-19-27-59(98)71(110)93-53(24-13-16-34-78)66(105)95-56(38-44(2)3)68(107)90-51(63(80)102)22-11-14-32-76)97-67(106)54(25-17-35-85-74(81)82)91-65(104)52(23-12-15-33-77)92-69(108)57(39-45(4)5)96-70(109)58(41-47-20-9-8-10-21-47)89-61(101)43-87-60(100)42-88-64(103)50(79)40-48-28-30-49(99)31-29-48/h8-10,20-21,28-31,44-46,50-59,62,99H,7,11-19,22-27,32-43,76-79H2,1-6H3,(H2,80,102)(H,87,100)(H,88,103)(H,89,101)(H,90,107)(H,91,104)(H,92,108)(H,93,110)(H,94,111)(H,95,105)(H,96,109)(H,97,106)(H4,81,82,85)(H4,83,84,86)/t46-,50-,51-,52-,53-,54-,55-,56-,57-,58-,59-,62-/m0/s1. The van der Waals surface area contributed by atoms with Crippen LogP contribution in [0, 0.1) is 17.8 Å². The number of benzene rings is 2. The quantitative estimate of drug-likeness (QED) is 0.0172. The number of guanidine groups is 2. The largest absolute Gasteiger partial charge is 0.508 e. The van der Waals surface area contributed by atoms with Crippen molar-refractivity contribution in [2.45, 2.75) is 236 Å². The number of aliphatic imine (C=N–C) groups is 2. The number of unbranched alkanes of at least 4 members (excludes halogenated alkanes) is 3. The van der Waals surface area contributed by atoms with Gasteiger partial charge in [-0.25, -0.2) is 0 Å². The van der Waals surface area contributed by atoms with Gasteiger partial charge in [-0.3, -0.25) is 72.3 Å². The minimum Gasteiger partial charge on any atom is -0.508 e. The Labute approximate surface area is 656 Å². The molecule has 0 bridgehead atoms. The van der Waals surface area contributed by atoms with Gasteiger partial charge in [0.25, 0.3) is 0 Å². The first-order chi connectivity index (χ1) is 53.2. The van der Waals surface area contributed by atoms with Crippen LogP contribution in [0.5, 0.6) is 5.75 Å². The summed E-state index contributed by atoms with van der Waals surface area (Å²) in [5.74, 6) is -11.2. The summed E-state index contributed by atoms with van der Waals surface area (Å²) >= 11 is 0. The summed E-state index contributed by atoms with van der Waals surface area (Å²) in [4.78, 5) is 192. The fourth-order valence-electron chi connectivity index (χ4n) is 12.4. The fourth-order valence-corrected chi connectivity index (χ4v) is 12.4. The van der Waals surface area contributed by atoms with E-state index >= 15 is 4.79 Å². The Morgan fingerprint density at radius 3 is 1.38 bits per heavy atom. The van der Waals surface area contributed by atoms with Crippen LogP contribution >= 0.6 is 0 Å². The van der Waals surface area contributed by atoms with E-state index in [9.17, 15) is 62.6 Å². The van der Waals surface area contributed by atoms with Crippen molar-refractivity contribution >= 4 is 88.7 Å². The lowest BCUT2D eigenvalue weighted by Crippen LogP contribution is -2.61. The third-order valence-corrected chi connectivity index (χ3v) is 18.7. The van der Waals surface area contributed by atoms with Crippen molar-refractivity contribution < 1.29 is 67.4 Å². The Bertz CT molecular complexity index is 3400. The first kappa shape index (κ1) is 95.9. The maximum absolute atomic E-state index is 15.1. The zero-order chi connectivity index (χ0) is 83.4. The minimum absolute atomic E-state index is 0.0000365. The second kappa shape index (κ2) is 52.1. The topological polar surface area (TPSA) is 637 Å². The highest BCUT2D eigenvalue weighted by atomic mass is 16.3. The summed E-state index contributed by atoms with van der Waals surface area (Å²) in [6, 6.07) is 1.00. The zero-order valence-electron chi connectivity index (χ0n) is 65.9. The maximum atomic E-state index is 15.1. The molecule has 1 fully saturated rings. The molecule has 1 aliphatic rings. The molecule has 1 saturated heterocycles. The summed E-state index contributed by atoms with van der Waals surface area (Å²) in [6.07, 6.45) is 4.09. The van der Waals surface area contributed by atoms with Gasteiger partial charge in [-0.15, -0.1) is 0 Å². The first-order valence-corrected chi connectivity index (χ1v) is 38.9. The zero-order valence-corrected chi connectivity index (χ0v) is 65.9. The van der Waals surface area contributed by atoms with E-state index in [1.54, 1.807) is 70.2 Å². The molecule has 13 amide bonds. The third kappa shape index (κ3) is 36.7. The fraction of sp³-hybridized carbons (Fsp3) is 0.640. The van der Waals surface area contributed by atoms with E-state index in [1.807, 2.05) is 13.8 Å². The highest BCUT2D eigenvalue weighted by Crippen LogP contribution is 2.22. The molecule has 1 aliphatic heterocycles. The van der Waals surface area contributed by atoms with E-state index in [4.69, 9.17) is 51.6 Å². The lowest BCUT2D eigenvalue weighted by Gasteiger charge is -2.32. The lowest BCUT2D eigenvalue weighted by molar-refractivity contribution is -0.143. The van der Waals surface area contributed by atoms with Gasteiger partial charge in [-0.05, 0) is 176 Å². The summed E-state index contributed by atoms with van der Waals surface area (Å²) in [5, 5.41) is 39.3. The average molecular weight is 1570 g/mol. The van der Waals surface area contributed by atoms with E-state index in [0.717, 1.165) is 0 Å². The Balaban J connectivity index is 1.94. The monoisotopic (exact) mass is 1570 g/mol. The molecule has 626 valence electrons. The van der Waals surface area contributed by atoms with Crippen LogP contribution in [0.3, 0.4) is 0 Å². The molecule has 12 atom stereocenters. The molecule has 37 heteroatoms. The van der Waals surface area contributed by atoms with E-state index in [0.29, 0.717) is 69.0 Å². The SMILES string of the molecule is CC[C@H](C)[C@H](NC(=O)[C@H](CCCN=C(N)N)NC(=O)[C@H](CCCCN)NC(=O)[C@H](CC(C)C)NC(=O)[C@H](Cc1ccccc1)NC(=O)CNC(=O)CNC(=O)[C@@H](N)Cc1ccc(O)cc1)C(=O)N[C@@H](CCCN=C(N)N)C(=O)N1CCC[C@H]1C(=O)N[C@@H](CCCCN)C(=O)N[C@@H](CC(C)C)C(=O)N[C@@H](CCCCN)C(N)=O. The van der Waals surface area contributed by atoms with E-state index in [-0.39, 0.29) is 139 Å². The Kier molecular flexibility index (Phi) is 44.6. The smallest absolute Gasteiger partial charge is 0.245 e. The highest BCUT2D eigenvalue weighted by molar-refractivity contribution is 6.00. The number of aromatic hydroxyl groups is 1. The predicted octanol–water partition coefficient (Wildman–Crippen LogP) is -3.79. The lowest BCUT2D eigenvalue weighted by atomic mass is 9.96. The molecule has 0 saturated carbocycles. The number of hydrogen-bond acceptors (Lipinski definition) is 20. The molecule has 0 unspecified atom stereocenters. The van der Waals surface area contributed by atoms with Crippen LogP contribution in [0.2, 0.25) is 0 Å². The van der Waals surface area contributed by atoms with E-state index in [1.165, 1.54) is 17.0 Å². The molecule has 0 radical (unpaired) electrons. The van der Waals surface area contributed by atoms with Crippen LogP contribution < -0.4 is 110 Å². The van der Waals surface area contributed by atoms with Crippen LogP contribution in [0.15, 0.2) is 64.6 Å². The number of nitrogens with one attached hydrogen (secondary N) is 11. The van der Waals surface area contributed by atoms with Crippen molar-refractivity contribution in [1.29, 1.82) is 0 Å². The molecule has 37 nitrogen and oxygen atoms in total. The second-order valence-corrected chi connectivity index (χ2v) is 29.2. The van der Waals surface area contributed by atoms with Gasteiger partial charge in [0.15, 0.2) is 11.9 Å². The van der Waals surface area contributed by atoms with Crippen LogP contribution in [-0.2, 0) is 75.2 Å². The molecule has 3 rings (SSSR count). The molecule has 1 heterocycles. The first-order valence-electron chi connectivity index (χ1n) is 38.9. The van der Waals surface area contributed by atoms with Gasteiger partial charge in [-0.1, -0.05) is 90.4 Å². The van der Waals surface area contributed by atoms with Gasteiger partial charge in [0, 0.05) is 26.1 Å². The average Bonchev–Trinajstić information content (AvgIpc) is 1.46. The van der Waals surface area contributed by atoms with Crippen molar-refractivity contribution in [2.24, 2.45) is 79.3 Å². The number of nitrogens with zero attached hydrogens (tertiary/aromatic N) is 3. The molecule has 2 aromatic rings. The second-order valence-electron chi connectivity index (χ2n) is 29.2. The summed E-state index contributed by atoms with van der Waals surface area (Å²) < 4.78 is 0. The minimum atomic E-state index is -1.43. The Morgan fingerprint density at radius 1 is 0.464 bits per heavy atom. The van der Waals surface area contributed by atoms with Crippen LogP contribution in [0.4, 0.5) is 0 Å². The van der Waals surface area contributed by atoms with Crippen molar-refractivity contribution in [2.75, 3.05) is 52.4 Å². The van der Waals surface area contributed by atoms with Gasteiger partial charge >= 0.3 is 0 Å². The van der Waals surface area contributed by atoms with Crippen molar-refractivity contribution in [3.8, 4) is 5.75 Å². The number of nitrogens with two attached hydrogens (primary N) is 9. The van der Waals surface area contributed by atoms with Gasteiger partial charge in [-0.2, -0.15) is 0 Å². The molecular formula is C75H127N23O14. The molecule has 112 heavy (non-hydrogen) atoms. The maximum Gasteiger partial charge on any atom is 0.245 e. The van der Waals surface area contributed by atoms with Crippen molar-refractivity contribution in [3.05, 3.63) is 65.7 Å². The number of phenolic OH excluding ortho intramolecular Hbond substituents is 1. The molecule has 0 aliphatic carbocycles. The molecule has 0 aromatic heterocycles. The van der Waals surface area contributed by atoms with E-state index in [2.05, 4.69) is 68.5 Å². The number of carbonyl (C=O) groups excluding carboxylic acids is 13. The molecule has 0 spiro atoms. The van der Waals surface area contributed by atoms with Gasteiger partial charge in [0.2, 0.25) is 76.8 Å². The summed E-state index contributed by atoms with van der Waals surface area (Å²) in [6.45, 7) is 10.5. The Morgan fingerprint density at radius 2 is 0.893 bits per heavy atom. The highest BCUT2D eigenvalue weighted by Gasteiger charge is 2.42. The number of likely N-dealkylation sites (tertiary alicyclic amines) is 1. The van der Waals surface area contributed by atoms with Gasteiger partial charge < -0.3 is 120 Å². The van der Waals surface area contributed by atoms with Gasteiger partial charge in [0.1, 0.15) is 66.2 Å². The van der Waals surface area contributed by atoms with E-state index < -0.39 is 162 Å². The number of carbonyl (C=O) groups is 13. The number of amides is 13. The van der Waals surface area contributed by atoms with Gasteiger partial charge in [0.05, 0.1) is 19.1 Å². The molecule has 30 N–H and O–H groups in total. The number of rotatable bonds is 54. The number of primary amides is 1. The van der Waals surface area contributed by atoms with Crippen LogP contribution in [0.25, 0.3) is 0 Å².